The molecule has 0 bridgehead atoms. The summed E-state index contributed by atoms with van der Waals surface area (Å²) in [4.78, 5) is 29.4. The van der Waals surface area contributed by atoms with Crippen LogP contribution in [-0.4, -0.2) is 39.0 Å². The van der Waals surface area contributed by atoms with Crippen LogP contribution in [-0.2, 0) is 17.6 Å². The van der Waals surface area contributed by atoms with E-state index in [1.54, 1.807) is 24.5 Å². The first-order valence-corrected chi connectivity index (χ1v) is 12.1. The first kappa shape index (κ1) is 22.1. The molecule has 35 heavy (non-hydrogen) atoms. The highest BCUT2D eigenvalue weighted by Gasteiger charge is 2.27. The SMILES string of the molecule is Cc1cc([C@@H]2CN(c3cn4c(=O)c5c(nc4c(-c4ccc(Cl)cc4F)n3)CCC5)CCO2)ccn1. The molecule has 178 valence electrons. The van der Waals surface area contributed by atoms with Gasteiger partial charge in [0.2, 0.25) is 0 Å². The van der Waals surface area contributed by atoms with Gasteiger partial charge in [-0.05, 0) is 62.1 Å². The molecule has 0 spiro atoms. The predicted molar refractivity (Wildman–Crippen MR) is 132 cm³/mol. The number of morpholine rings is 1. The minimum Gasteiger partial charge on any atom is -0.370 e. The van der Waals surface area contributed by atoms with Crippen molar-refractivity contribution in [3.63, 3.8) is 0 Å². The summed E-state index contributed by atoms with van der Waals surface area (Å²) < 4.78 is 22.6. The van der Waals surface area contributed by atoms with Crippen molar-refractivity contribution in [3.05, 3.63) is 86.4 Å². The lowest BCUT2D eigenvalue weighted by molar-refractivity contribution is 0.0394. The van der Waals surface area contributed by atoms with E-state index >= 15 is 4.39 Å². The molecule has 0 N–H and O–H groups in total. The Morgan fingerprint density at radius 3 is 2.89 bits per heavy atom. The highest BCUT2D eigenvalue weighted by molar-refractivity contribution is 6.30. The minimum absolute atomic E-state index is 0.115. The standard InChI is InChI=1S/C26H23ClFN5O2/c1-15-11-16(7-8-29-15)22-13-32(9-10-35-22)23-14-33-25(30-21-4-2-3-19(21)26(33)34)24(31-23)18-6-5-17(27)12-20(18)28/h5-8,11-12,14,22H,2-4,9-10,13H2,1H3/t22-/m0/s1. The summed E-state index contributed by atoms with van der Waals surface area (Å²) >= 11 is 6.01. The fourth-order valence-corrected chi connectivity index (χ4v) is 5.10. The molecule has 6 rings (SSSR count). The lowest BCUT2D eigenvalue weighted by Gasteiger charge is -2.34. The van der Waals surface area contributed by atoms with Crippen LogP contribution >= 0.6 is 11.6 Å². The van der Waals surface area contributed by atoms with E-state index in [0.717, 1.165) is 35.4 Å². The van der Waals surface area contributed by atoms with Gasteiger partial charge in [0.05, 0.1) is 18.5 Å². The van der Waals surface area contributed by atoms with Crippen LogP contribution in [0.4, 0.5) is 10.2 Å². The monoisotopic (exact) mass is 491 g/mol. The van der Waals surface area contributed by atoms with E-state index in [-0.39, 0.29) is 17.2 Å². The first-order chi connectivity index (χ1) is 17.0. The van der Waals surface area contributed by atoms with Crippen LogP contribution < -0.4 is 10.5 Å². The van der Waals surface area contributed by atoms with E-state index in [1.807, 2.05) is 19.1 Å². The lowest BCUT2D eigenvalue weighted by atomic mass is 10.1. The zero-order valence-corrected chi connectivity index (χ0v) is 19.9. The van der Waals surface area contributed by atoms with Gasteiger partial charge < -0.3 is 9.64 Å². The van der Waals surface area contributed by atoms with Gasteiger partial charge in [-0.25, -0.2) is 14.4 Å². The Balaban J connectivity index is 1.51. The number of aryl methyl sites for hydroxylation is 2. The van der Waals surface area contributed by atoms with Crippen molar-refractivity contribution in [1.29, 1.82) is 0 Å². The molecule has 1 saturated heterocycles. The zero-order chi connectivity index (χ0) is 24.1. The highest BCUT2D eigenvalue weighted by atomic mass is 35.5. The van der Waals surface area contributed by atoms with Crippen LogP contribution in [0.2, 0.25) is 5.02 Å². The molecule has 1 fully saturated rings. The largest absolute Gasteiger partial charge is 0.370 e. The number of anilines is 1. The van der Waals surface area contributed by atoms with E-state index in [0.29, 0.717) is 48.3 Å². The van der Waals surface area contributed by atoms with E-state index < -0.39 is 5.82 Å². The van der Waals surface area contributed by atoms with Crippen LogP contribution in [0.15, 0.2) is 47.5 Å². The normalized spacial score (nSPS) is 17.7. The fourth-order valence-electron chi connectivity index (χ4n) is 4.94. The van der Waals surface area contributed by atoms with Crippen LogP contribution in [0.3, 0.4) is 0 Å². The van der Waals surface area contributed by atoms with Crippen molar-refractivity contribution in [1.82, 2.24) is 19.4 Å². The third-order valence-electron chi connectivity index (χ3n) is 6.69. The summed E-state index contributed by atoms with van der Waals surface area (Å²) in [6.07, 6.45) is 5.65. The molecular weight excluding hydrogens is 469 g/mol. The molecule has 9 heteroatoms. The third kappa shape index (κ3) is 3.96. The highest BCUT2D eigenvalue weighted by Crippen LogP contribution is 2.31. The molecule has 1 aliphatic heterocycles. The quantitative estimate of drug-likeness (QED) is 0.425. The van der Waals surface area contributed by atoms with Gasteiger partial charge in [0.15, 0.2) is 5.65 Å². The van der Waals surface area contributed by atoms with Crippen molar-refractivity contribution in [3.8, 4) is 11.3 Å². The van der Waals surface area contributed by atoms with Crippen LogP contribution in [0.5, 0.6) is 0 Å². The molecule has 3 aromatic heterocycles. The molecule has 7 nitrogen and oxygen atoms in total. The number of benzene rings is 1. The van der Waals surface area contributed by atoms with Crippen LogP contribution in [0, 0.1) is 12.7 Å². The number of halogens is 2. The Kier molecular flexibility index (Phi) is 5.50. The smallest absolute Gasteiger partial charge is 0.261 e. The van der Waals surface area contributed by atoms with Gasteiger partial charge in [0.25, 0.3) is 5.56 Å². The lowest BCUT2D eigenvalue weighted by Crippen LogP contribution is -2.39. The van der Waals surface area contributed by atoms with Crippen molar-refractivity contribution < 1.29 is 9.13 Å². The van der Waals surface area contributed by atoms with Gasteiger partial charge in [-0.1, -0.05) is 11.6 Å². The van der Waals surface area contributed by atoms with Gasteiger partial charge in [-0.3, -0.25) is 14.2 Å². The maximum absolute atomic E-state index is 15.1. The zero-order valence-electron chi connectivity index (χ0n) is 19.2. The Hall–Kier alpha value is -3.36. The number of hydrogen-bond donors (Lipinski definition) is 0. The van der Waals surface area contributed by atoms with Gasteiger partial charge in [-0.2, -0.15) is 0 Å². The Morgan fingerprint density at radius 1 is 1.17 bits per heavy atom. The Morgan fingerprint density at radius 2 is 2.06 bits per heavy atom. The minimum atomic E-state index is -0.508. The van der Waals surface area contributed by atoms with Crippen molar-refractivity contribution in [2.75, 3.05) is 24.6 Å². The number of hydrogen-bond acceptors (Lipinski definition) is 6. The molecule has 1 aliphatic carbocycles. The number of aromatic nitrogens is 4. The third-order valence-corrected chi connectivity index (χ3v) is 6.92. The van der Waals surface area contributed by atoms with Crippen molar-refractivity contribution in [2.45, 2.75) is 32.3 Å². The molecule has 1 atom stereocenters. The first-order valence-electron chi connectivity index (χ1n) is 11.7. The van der Waals surface area contributed by atoms with Gasteiger partial charge >= 0.3 is 0 Å². The van der Waals surface area contributed by atoms with E-state index in [9.17, 15) is 4.79 Å². The number of rotatable bonds is 3. The molecule has 1 aromatic carbocycles. The number of nitrogens with zero attached hydrogens (tertiary/aromatic N) is 5. The van der Waals surface area contributed by atoms with Gasteiger partial charge in [0.1, 0.15) is 23.4 Å². The Bertz CT molecular complexity index is 1520. The second-order valence-corrected chi connectivity index (χ2v) is 9.43. The summed E-state index contributed by atoms with van der Waals surface area (Å²) in [5.41, 5.74) is 4.28. The fraction of sp³-hybridized carbons (Fsp3) is 0.308. The molecule has 0 amide bonds. The van der Waals surface area contributed by atoms with Gasteiger partial charge in [0, 0.05) is 41.1 Å². The second kappa shape index (κ2) is 8.70. The van der Waals surface area contributed by atoms with E-state index in [4.69, 9.17) is 26.3 Å². The van der Waals surface area contributed by atoms with Gasteiger partial charge in [-0.15, -0.1) is 0 Å². The van der Waals surface area contributed by atoms with Crippen molar-refractivity contribution >= 4 is 23.1 Å². The van der Waals surface area contributed by atoms with E-state index in [1.165, 1.54) is 10.5 Å². The number of fused-ring (bicyclic) bond motifs is 2. The molecule has 0 saturated carbocycles. The molecule has 4 aromatic rings. The average molecular weight is 492 g/mol. The number of pyridine rings is 1. The average Bonchev–Trinajstić information content (AvgIpc) is 3.33. The predicted octanol–water partition coefficient (Wildman–Crippen LogP) is 4.32. The molecule has 0 radical (unpaired) electrons. The van der Waals surface area contributed by atoms with E-state index in [2.05, 4.69) is 9.88 Å². The summed E-state index contributed by atoms with van der Waals surface area (Å²) in [7, 11) is 0. The maximum Gasteiger partial charge on any atom is 0.261 e. The topological polar surface area (TPSA) is 72.6 Å². The van der Waals surface area contributed by atoms with Crippen LogP contribution in [0.1, 0.15) is 35.0 Å². The molecular formula is C26H23ClFN5O2. The summed E-state index contributed by atoms with van der Waals surface area (Å²) in [5.74, 6) is 0.0636. The van der Waals surface area contributed by atoms with Crippen LogP contribution in [0.25, 0.3) is 16.9 Å². The summed E-state index contributed by atoms with van der Waals surface area (Å²) in [5, 5.41) is 0.293. The summed E-state index contributed by atoms with van der Waals surface area (Å²) in [6, 6.07) is 8.41. The molecule has 4 heterocycles. The van der Waals surface area contributed by atoms with Crippen molar-refractivity contribution in [2.24, 2.45) is 0 Å². The molecule has 2 aliphatic rings. The maximum atomic E-state index is 15.1. The molecule has 0 unspecified atom stereocenters. The number of ether oxygens (including phenoxy) is 1. The Labute approximate surface area is 206 Å². The summed E-state index contributed by atoms with van der Waals surface area (Å²) in [6.45, 7) is 3.57. The second-order valence-electron chi connectivity index (χ2n) is 9.00.